The van der Waals surface area contributed by atoms with Crippen molar-refractivity contribution >= 4 is 12.4 Å². The first-order valence-corrected chi connectivity index (χ1v) is 4.79. The van der Waals surface area contributed by atoms with E-state index in [0.29, 0.717) is 0 Å². The highest BCUT2D eigenvalue weighted by atomic mass is 35.5. The van der Waals surface area contributed by atoms with Crippen LogP contribution in [-0.4, -0.2) is 5.54 Å². The van der Waals surface area contributed by atoms with Crippen LogP contribution in [0.4, 0.5) is 0 Å². The van der Waals surface area contributed by atoms with Gasteiger partial charge in [-0.15, -0.1) is 19.0 Å². The predicted molar refractivity (Wildman–Crippen MR) is 61.2 cm³/mol. The van der Waals surface area contributed by atoms with Crippen LogP contribution in [0.5, 0.6) is 0 Å². The molecular formula is C11H22ClN. The fraction of sp³-hybridized carbons (Fsp3) is 0.818. The van der Waals surface area contributed by atoms with Crippen LogP contribution < -0.4 is 5.73 Å². The van der Waals surface area contributed by atoms with Gasteiger partial charge in [-0.2, -0.15) is 0 Å². The summed E-state index contributed by atoms with van der Waals surface area (Å²) in [7, 11) is 0. The molecule has 1 saturated carbocycles. The summed E-state index contributed by atoms with van der Waals surface area (Å²) in [5.74, 6) is 0.733. The van der Waals surface area contributed by atoms with E-state index in [0.717, 1.165) is 18.8 Å². The quantitative estimate of drug-likeness (QED) is 0.652. The minimum atomic E-state index is 0. The standard InChI is InChI=1S/C11H21N.ClH/c1-5-10(3)6-9(2)7-11(4,12)8-10;/h5,9H,1,6-8,12H2,2-4H3;1H/t9-,10-,11-;/m1./s1. The Hall–Kier alpha value is -0.0100. The summed E-state index contributed by atoms with van der Waals surface area (Å²) in [5.41, 5.74) is 6.45. The summed E-state index contributed by atoms with van der Waals surface area (Å²) >= 11 is 0. The Balaban J connectivity index is 0.00000144. The first-order chi connectivity index (χ1) is 5.37. The number of halogens is 1. The summed E-state index contributed by atoms with van der Waals surface area (Å²) < 4.78 is 0. The van der Waals surface area contributed by atoms with E-state index in [1.807, 2.05) is 0 Å². The molecule has 0 aromatic rings. The van der Waals surface area contributed by atoms with E-state index >= 15 is 0 Å². The third kappa shape index (κ3) is 3.32. The zero-order chi connectivity index (χ0) is 9.41. The smallest absolute Gasteiger partial charge is 0.0136 e. The minimum Gasteiger partial charge on any atom is -0.325 e. The first-order valence-electron chi connectivity index (χ1n) is 4.79. The van der Waals surface area contributed by atoms with Gasteiger partial charge in [0.25, 0.3) is 0 Å². The molecule has 0 aromatic carbocycles. The molecule has 1 aliphatic carbocycles. The second-order valence-electron chi connectivity index (χ2n) is 5.20. The zero-order valence-corrected chi connectivity index (χ0v) is 9.79. The molecule has 78 valence electrons. The third-order valence-corrected chi connectivity index (χ3v) is 2.93. The van der Waals surface area contributed by atoms with Crippen LogP contribution in [0.3, 0.4) is 0 Å². The van der Waals surface area contributed by atoms with E-state index in [1.165, 1.54) is 6.42 Å². The Labute approximate surface area is 88.2 Å². The van der Waals surface area contributed by atoms with Gasteiger partial charge in [-0.05, 0) is 37.5 Å². The van der Waals surface area contributed by atoms with Gasteiger partial charge in [-0.1, -0.05) is 19.9 Å². The molecule has 0 heterocycles. The van der Waals surface area contributed by atoms with Crippen LogP contribution in [-0.2, 0) is 0 Å². The Morgan fingerprint density at radius 1 is 1.38 bits per heavy atom. The van der Waals surface area contributed by atoms with Crippen molar-refractivity contribution in [1.29, 1.82) is 0 Å². The molecule has 13 heavy (non-hydrogen) atoms. The van der Waals surface area contributed by atoms with Gasteiger partial charge < -0.3 is 5.73 Å². The highest BCUT2D eigenvalue weighted by Crippen LogP contribution is 2.43. The van der Waals surface area contributed by atoms with Crippen molar-refractivity contribution in [2.75, 3.05) is 0 Å². The van der Waals surface area contributed by atoms with Gasteiger partial charge in [0.2, 0.25) is 0 Å². The molecule has 0 amide bonds. The van der Waals surface area contributed by atoms with E-state index in [2.05, 4.69) is 33.4 Å². The number of hydrogen-bond acceptors (Lipinski definition) is 1. The molecule has 2 heteroatoms. The van der Waals surface area contributed by atoms with Gasteiger partial charge in [-0.3, -0.25) is 0 Å². The molecule has 0 bridgehead atoms. The van der Waals surface area contributed by atoms with Gasteiger partial charge in [-0.25, -0.2) is 0 Å². The molecular weight excluding hydrogens is 182 g/mol. The van der Waals surface area contributed by atoms with Crippen molar-refractivity contribution in [1.82, 2.24) is 0 Å². The van der Waals surface area contributed by atoms with Crippen molar-refractivity contribution in [2.24, 2.45) is 17.1 Å². The van der Waals surface area contributed by atoms with E-state index in [4.69, 9.17) is 5.73 Å². The highest BCUT2D eigenvalue weighted by molar-refractivity contribution is 5.85. The topological polar surface area (TPSA) is 26.0 Å². The van der Waals surface area contributed by atoms with Gasteiger partial charge in [0.1, 0.15) is 0 Å². The molecule has 0 aliphatic heterocycles. The zero-order valence-electron chi connectivity index (χ0n) is 8.97. The number of allylic oxidation sites excluding steroid dienone is 1. The number of nitrogens with two attached hydrogens (primary N) is 1. The summed E-state index contributed by atoms with van der Waals surface area (Å²) in [6, 6.07) is 0. The van der Waals surface area contributed by atoms with Gasteiger partial charge in [0.15, 0.2) is 0 Å². The lowest BCUT2D eigenvalue weighted by Crippen LogP contribution is -2.46. The summed E-state index contributed by atoms with van der Waals surface area (Å²) in [6.07, 6.45) is 5.54. The summed E-state index contributed by atoms with van der Waals surface area (Å²) in [6.45, 7) is 10.6. The Kier molecular flexibility index (Phi) is 4.01. The van der Waals surface area contributed by atoms with Crippen LogP contribution in [0.2, 0.25) is 0 Å². The second kappa shape index (κ2) is 4.02. The highest BCUT2D eigenvalue weighted by Gasteiger charge is 2.37. The van der Waals surface area contributed by atoms with Crippen molar-refractivity contribution in [3.63, 3.8) is 0 Å². The van der Waals surface area contributed by atoms with Crippen molar-refractivity contribution < 1.29 is 0 Å². The molecule has 2 N–H and O–H groups in total. The van der Waals surface area contributed by atoms with E-state index in [1.54, 1.807) is 0 Å². The maximum Gasteiger partial charge on any atom is 0.0136 e. The van der Waals surface area contributed by atoms with Crippen LogP contribution in [0, 0.1) is 11.3 Å². The monoisotopic (exact) mass is 203 g/mol. The predicted octanol–water partition coefficient (Wildman–Crippen LogP) is 3.14. The van der Waals surface area contributed by atoms with Crippen molar-refractivity contribution in [2.45, 2.75) is 45.6 Å². The SMILES string of the molecule is C=C[C@]1(C)C[C@@H](C)C[C@@](C)(N)C1.Cl. The normalized spacial score (nSPS) is 45.1. The summed E-state index contributed by atoms with van der Waals surface area (Å²) in [4.78, 5) is 0. The van der Waals surface area contributed by atoms with Gasteiger partial charge in [0.05, 0.1) is 0 Å². The molecule has 1 fully saturated rings. The van der Waals surface area contributed by atoms with Gasteiger partial charge in [0, 0.05) is 5.54 Å². The molecule has 1 nitrogen and oxygen atoms in total. The largest absolute Gasteiger partial charge is 0.325 e. The Bertz CT molecular complexity index is 189. The lowest BCUT2D eigenvalue weighted by molar-refractivity contribution is 0.144. The molecule has 0 saturated heterocycles. The molecule has 0 unspecified atom stereocenters. The average molecular weight is 204 g/mol. The number of hydrogen-bond donors (Lipinski definition) is 1. The average Bonchev–Trinajstić information content (AvgIpc) is 1.82. The molecule has 0 spiro atoms. The van der Waals surface area contributed by atoms with Crippen LogP contribution in [0.15, 0.2) is 12.7 Å². The van der Waals surface area contributed by atoms with Crippen molar-refractivity contribution in [3.05, 3.63) is 12.7 Å². The van der Waals surface area contributed by atoms with Gasteiger partial charge >= 0.3 is 0 Å². The maximum atomic E-state index is 6.17. The Morgan fingerprint density at radius 3 is 2.31 bits per heavy atom. The molecule has 1 rings (SSSR count). The van der Waals surface area contributed by atoms with Crippen molar-refractivity contribution in [3.8, 4) is 0 Å². The fourth-order valence-electron chi connectivity index (χ4n) is 2.89. The lowest BCUT2D eigenvalue weighted by Gasteiger charge is -2.44. The van der Waals surface area contributed by atoms with Crippen LogP contribution in [0.1, 0.15) is 40.0 Å². The molecule has 0 radical (unpaired) electrons. The third-order valence-electron chi connectivity index (χ3n) is 2.93. The first kappa shape index (κ1) is 13.0. The fourth-order valence-corrected chi connectivity index (χ4v) is 2.89. The molecule has 3 atom stereocenters. The Morgan fingerprint density at radius 2 is 1.92 bits per heavy atom. The van der Waals surface area contributed by atoms with E-state index in [9.17, 15) is 0 Å². The van der Waals surface area contributed by atoms with Crippen LogP contribution in [0.25, 0.3) is 0 Å². The minimum absolute atomic E-state index is 0. The summed E-state index contributed by atoms with van der Waals surface area (Å²) in [5, 5.41) is 0. The van der Waals surface area contributed by atoms with E-state index < -0.39 is 0 Å². The van der Waals surface area contributed by atoms with Crippen LogP contribution >= 0.6 is 12.4 Å². The maximum absolute atomic E-state index is 6.17. The second-order valence-corrected chi connectivity index (χ2v) is 5.20. The lowest BCUT2D eigenvalue weighted by atomic mass is 9.64. The number of rotatable bonds is 1. The molecule has 1 aliphatic rings. The van der Waals surface area contributed by atoms with E-state index in [-0.39, 0.29) is 23.4 Å². The molecule has 0 aromatic heterocycles.